The van der Waals surface area contributed by atoms with Gasteiger partial charge in [-0.25, -0.2) is 0 Å². The predicted octanol–water partition coefficient (Wildman–Crippen LogP) is 9.30. The lowest BCUT2D eigenvalue weighted by atomic mass is 10.0. The van der Waals surface area contributed by atoms with Crippen molar-refractivity contribution in [1.82, 2.24) is 0 Å². The number of hydrogen-bond donors (Lipinski definition) is 0. The lowest BCUT2D eigenvalue weighted by molar-refractivity contribution is -0.903. The molecule has 0 saturated carbocycles. The topological polar surface area (TPSA) is 35.5 Å². The average Bonchev–Trinajstić information content (AvgIpc) is 2.94. The summed E-state index contributed by atoms with van der Waals surface area (Å²) < 4.78 is 12.7. The Bertz CT molecular complexity index is 911. The Hall–Kier alpha value is -2.33. The fourth-order valence-corrected chi connectivity index (χ4v) is 5.30. The van der Waals surface area contributed by atoms with Gasteiger partial charge in [0.05, 0.1) is 20.6 Å². The molecule has 2 rings (SSSR count). The van der Waals surface area contributed by atoms with E-state index in [0.29, 0.717) is 13.0 Å². The number of ether oxygens (including phenoxy) is 2. The Kier molecular flexibility index (Phi) is 17.4. The molecule has 0 aliphatic heterocycles. The van der Waals surface area contributed by atoms with E-state index in [1.54, 1.807) is 0 Å². The molecule has 1 atom stereocenters. The number of esters is 1. The number of nitrogens with zero attached hydrogens (tertiary/aromatic N) is 1. The fourth-order valence-electron chi connectivity index (χ4n) is 5.30. The second-order valence-electron chi connectivity index (χ2n) is 12.3. The highest BCUT2D eigenvalue weighted by Crippen LogP contribution is 2.22. The maximum Gasteiger partial charge on any atom is 0.305 e. The van der Waals surface area contributed by atoms with Crippen LogP contribution < -0.4 is 4.74 Å². The first-order valence-corrected chi connectivity index (χ1v) is 16.2. The fraction of sp³-hybridized carbons (Fsp3) is 0.639. The number of aryl methyl sites for hydroxylation is 1. The smallest absolute Gasteiger partial charge is 0.305 e. The zero-order chi connectivity index (χ0) is 28.9. The molecule has 2 aromatic rings. The maximum absolute atomic E-state index is 12.3. The lowest BCUT2D eigenvalue weighted by Crippen LogP contribution is -2.39. The summed E-state index contributed by atoms with van der Waals surface area (Å²) in [4.78, 5) is 12.3. The van der Waals surface area contributed by atoms with Crippen LogP contribution in [0.1, 0.15) is 115 Å². The predicted molar refractivity (Wildman–Crippen MR) is 169 cm³/mol. The Morgan fingerprint density at radius 2 is 1.35 bits per heavy atom. The van der Waals surface area contributed by atoms with E-state index in [2.05, 4.69) is 63.5 Å². The Balaban J connectivity index is 1.56. The second-order valence-corrected chi connectivity index (χ2v) is 12.3. The van der Waals surface area contributed by atoms with Crippen LogP contribution in [-0.2, 0) is 22.5 Å². The number of unbranched alkanes of at least 4 members (excludes halogenated alkanes) is 11. The summed E-state index contributed by atoms with van der Waals surface area (Å²) in [5.41, 5.74) is 2.61. The third kappa shape index (κ3) is 16.1. The monoisotopic (exact) mass is 552 g/mol. The van der Waals surface area contributed by atoms with Gasteiger partial charge in [-0.15, -0.1) is 0 Å². The van der Waals surface area contributed by atoms with Crippen LogP contribution in [0.25, 0.3) is 0 Å². The Morgan fingerprint density at radius 3 is 2.02 bits per heavy atom. The molecule has 0 saturated heterocycles. The highest BCUT2D eigenvalue weighted by atomic mass is 16.6. The first kappa shape index (κ1) is 33.9. The first-order valence-electron chi connectivity index (χ1n) is 16.2. The van der Waals surface area contributed by atoms with E-state index in [1.807, 2.05) is 19.1 Å². The molecule has 0 spiro atoms. The summed E-state index contributed by atoms with van der Waals surface area (Å²) in [6.07, 6.45) is 18.1. The van der Waals surface area contributed by atoms with Crippen LogP contribution in [-0.4, -0.2) is 43.8 Å². The summed E-state index contributed by atoms with van der Waals surface area (Å²) in [6, 6.07) is 18.9. The van der Waals surface area contributed by atoms with Crippen molar-refractivity contribution in [3.8, 4) is 5.75 Å². The minimum Gasteiger partial charge on any atom is -0.487 e. The van der Waals surface area contributed by atoms with Crippen LogP contribution in [0.3, 0.4) is 0 Å². The van der Waals surface area contributed by atoms with E-state index in [0.717, 1.165) is 42.6 Å². The van der Waals surface area contributed by atoms with Gasteiger partial charge < -0.3 is 14.0 Å². The van der Waals surface area contributed by atoms with Gasteiger partial charge in [-0.2, -0.15) is 0 Å². The van der Waals surface area contributed by atoms with Crippen LogP contribution in [0.2, 0.25) is 0 Å². The van der Waals surface area contributed by atoms with Gasteiger partial charge in [-0.3, -0.25) is 4.79 Å². The zero-order valence-electron chi connectivity index (χ0n) is 26.2. The van der Waals surface area contributed by atoms with Crippen LogP contribution in [0.4, 0.5) is 0 Å². The first-order chi connectivity index (χ1) is 19.4. The van der Waals surface area contributed by atoms with Crippen LogP contribution in [0.5, 0.6) is 5.75 Å². The van der Waals surface area contributed by atoms with E-state index >= 15 is 0 Å². The van der Waals surface area contributed by atoms with Crippen molar-refractivity contribution in [2.24, 2.45) is 0 Å². The van der Waals surface area contributed by atoms with Crippen molar-refractivity contribution in [3.05, 3.63) is 65.7 Å². The number of carbonyl (C=O) groups excluding carboxylic acids is 1. The molecule has 0 heterocycles. The van der Waals surface area contributed by atoms with Crippen molar-refractivity contribution in [3.63, 3.8) is 0 Å². The van der Waals surface area contributed by atoms with Gasteiger partial charge in [0, 0.05) is 12.0 Å². The number of para-hydroxylation sites is 1. The Morgan fingerprint density at radius 1 is 0.750 bits per heavy atom. The van der Waals surface area contributed by atoms with Crippen molar-refractivity contribution in [1.29, 1.82) is 0 Å². The molecule has 1 unspecified atom stereocenters. The molecule has 0 fully saturated rings. The quantitative estimate of drug-likeness (QED) is 0.0783. The van der Waals surface area contributed by atoms with Gasteiger partial charge in [-0.1, -0.05) is 120 Å². The van der Waals surface area contributed by atoms with Gasteiger partial charge in [-0.05, 0) is 44.2 Å². The summed E-state index contributed by atoms with van der Waals surface area (Å²) >= 11 is 0. The molecule has 0 bridgehead atoms. The molecule has 4 heteroatoms. The molecule has 0 radical (unpaired) electrons. The van der Waals surface area contributed by atoms with Crippen molar-refractivity contribution in [2.75, 3.05) is 27.2 Å². The number of hydrogen-bond acceptors (Lipinski definition) is 3. The minimum absolute atomic E-state index is 0.127. The summed E-state index contributed by atoms with van der Waals surface area (Å²) in [7, 11) is 4.50. The van der Waals surface area contributed by atoms with Crippen LogP contribution in [0.15, 0.2) is 54.6 Å². The minimum atomic E-state index is -0.163. The van der Waals surface area contributed by atoms with Gasteiger partial charge >= 0.3 is 5.97 Å². The standard InChI is InChI=1S/C36H58NO3/c1-5-6-7-8-9-10-11-12-13-14-18-25-34-26-19-20-27-35(34)40-32(2)31-39-36(38)28-21-22-29-37(3,4)30-33-23-16-15-17-24-33/h15-17,19-20,23-24,26-27,32H,5-14,18,21-22,25,28-31H2,1-4H3/q+1. The van der Waals surface area contributed by atoms with Crippen LogP contribution >= 0.6 is 0 Å². The third-order valence-electron chi connectivity index (χ3n) is 7.68. The van der Waals surface area contributed by atoms with E-state index in [-0.39, 0.29) is 12.1 Å². The van der Waals surface area contributed by atoms with E-state index in [1.165, 1.54) is 81.8 Å². The average molecular weight is 553 g/mol. The molecular weight excluding hydrogens is 494 g/mol. The molecule has 4 nitrogen and oxygen atoms in total. The summed E-state index contributed by atoms with van der Waals surface area (Å²) in [5.74, 6) is 0.801. The lowest BCUT2D eigenvalue weighted by Gasteiger charge is -2.30. The molecule has 0 aromatic heterocycles. The molecule has 40 heavy (non-hydrogen) atoms. The second kappa shape index (κ2) is 20.5. The van der Waals surface area contributed by atoms with Crippen molar-refractivity contribution >= 4 is 5.97 Å². The highest BCUT2D eigenvalue weighted by molar-refractivity contribution is 5.69. The van der Waals surface area contributed by atoms with Gasteiger partial charge in [0.2, 0.25) is 0 Å². The molecule has 0 amide bonds. The van der Waals surface area contributed by atoms with Crippen molar-refractivity contribution in [2.45, 2.75) is 123 Å². The van der Waals surface area contributed by atoms with E-state index < -0.39 is 0 Å². The molecule has 224 valence electrons. The third-order valence-corrected chi connectivity index (χ3v) is 7.68. The van der Waals surface area contributed by atoms with Gasteiger partial charge in [0.15, 0.2) is 0 Å². The largest absolute Gasteiger partial charge is 0.487 e. The van der Waals surface area contributed by atoms with Gasteiger partial charge in [0.1, 0.15) is 25.0 Å². The number of carbonyl (C=O) groups is 1. The Labute approximate surface area is 246 Å². The van der Waals surface area contributed by atoms with Crippen molar-refractivity contribution < 1.29 is 18.8 Å². The zero-order valence-corrected chi connectivity index (χ0v) is 26.2. The number of rotatable bonds is 23. The highest BCUT2D eigenvalue weighted by Gasteiger charge is 2.16. The summed E-state index contributed by atoms with van der Waals surface area (Å²) in [6.45, 7) is 6.59. The molecule has 0 N–H and O–H groups in total. The van der Waals surface area contributed by atoms with Gasteiger partial charge in [0.25, 0.3) is 0 Å². The maximum atomic E-state index is 12.3. The number of quaternary nitrogens is 1. The van der Waals surface area contributed by atoms with Crippen LogP contribution in [0, 0.1) is 0 Å². The normalized spacial score (nSPS) is 12.3. The molecule has 0 aliphatic rings. The van der Waals surface area contributed by atoms with E-state index in [9.17, 15) is 4.79 Å². The molecule has 0 aliphatic carbocycles. The SMILES string of the molecule is CCCCCCCCCCCCCc1ccccc1OC(C)COC(=O)CCCC[N+](C)(C)Cc1ccccc1. The van der Waals surface area contributed by atoms with E-state index in [4.69, 9.17) is 9.47 Å². The molecule has 2 aromatic carbocycles. The number of benzene rings is 2. The molecular formula is C36H58NO3+. The summed E-state index contributed by atoms with van der Waals surface area (Å²) in [5, 5.41) is 0.